The highest BCUT2D eigenvalue weighted by Crippen LogP contribution is 2.31. The lowest BCUT2D eigenvalue weighted by molar-refractivity contribution is 0.0724. The number of alkyl halides is 2. The van der Waals surface area contributed by atoms with Gasteiger partial charge in [0, 0.05) is 26.2 Å². The summed E-state index contributed by atoms with van der Waals surface area (Å²) in [4.78, 5) is 11.5. The number of nitrogens with zero attached hydrogens (tertiary/aromatic N) is 7. The number of hydrogen-bond acceptors (Lipinski definition) is 7. The van der Waals surface area contributed by atoms with Crippen molar-refractivity contribution in [3.63, 3.8) is 0 Å². The molecule has 8 nitrogen and oxygen atoms in total. The summed E-state index contributed by atoms with van der Waals surface area (Å²) in [5.74, 6) is -0.112. The molecule has 2 aromatic heterocycles. The van der Waals surface area contributed by atoms with Crippen molar-refractivity contribution in [1.29, 1.82) is 0 Å². The second-order valence-electron chi connectivity index (χ2n) is 5.19. The maximum atomic E-state index is 13.6. The second-order valence-corrected chi connectivity index (χ2v) is 5.59. The van der Waals surface area contributed by atoms with Crippen LogP contribution in [0, 0.1) is 0 Å². The van der Waals surface area contributed by atoms with Crippen LogP contribution in [0.15, 0.2) is 6.20 Å². The van der Waals surface area contributed by atoms with Gasteiger partial charge in [0.05, 0.1) is 11.2 Å². The van der Waals surface area contributed by atoms with E-state index in [1.807, 2.05) is 7.05 Å². The molecule has 0 spiro atoms. The Labute approximate surface area is 135 Å². The highest BCUT2D eigenvalue weighted by molar-refractivity contribution is 6.32. The number of aromatic nitrogens is 5. The van der Waals surface area contributed by atoms with Crippen molar-refractivity contribution in [3.05, 3.63) is 11.2 Å². The highest BCUT2D eigenvalue weighted by atomic mass is 35.5. The van der Waals surface area contributed by atoms with Crippen molar-refractivity contribution < 1.29 is 8.78 Å². The van der Waals surface area contributed by atoms with Gasteiger partial charge in [-0.3, -0.25) is 0 Å². The fourth-order valence-corrected chi connectivity index (χ4v) is 2.56. The van der Waals surface area contributed by atoms with Gasteiger partial charge in [0.2, 0.25) is 11.9 Å². The summed E-state index contributed by atoms with van der Waals surface area (Å²) < 4.78 is 27.9. The first kappa shape index (κ1) is 15.8. The van der Waals surface area contributed by atoms with Gasteiger partial charge in [-0.2, -0.15) is 8.78 Å². The zero-order valence-corrected chi connectivity index (χ0v) is 13.1. The minimum Gasteiger partial charge on any atom is -0.368 e. The third-order valence-corrected chi connectivity index (χ3v) is 3.91. The lowest BCUT2D eigenvalue weighted by Crippen LogP contribution is -2.45. The average Bonchev–Trinajstić information content (AvgIpc) is 2.95. The molecule has 0 saturated carbocycles. The van der Waals surface area contributed by atoms with E-state index in [1.165, 1.54) is 6.20 Å². The summed E-state index contributed by atoms with van der Waals surface area (Å²) in [6.45, 7) is -0.150. The highest BCUT2D eigenvalue weighted by Gasteiger charge is 2.28. The third-order valence-electron chi connectivity index (χ3n) is 3.63. The molecule has 2 aromatic rings. The lowest BCUT2D eigenvalue weighted by atomic mass is 10.3. The van der Waals surface area contributed by atoms with E-state index >= 15 is 0 Å². The van der Waals surface area contributed by atoms with Crippen molar-refractivity contribution >= 4 is 23.5 Å². The molecule has 1 aliphatic heterocycles. The molecule has 0 unspecified atom stereocenters. The first-order chi connectivity index (χ1) is 11.0. The predicted octanol–water partition coefficient (Wildman–Crippen LogP) is 1.12. The number of anilines is 2. The van der Waals surface area contributed by atoms with Crippen LogP contribution in [0.5, 0.6) is 0 Å². The maximum Gasteiger partial charge on any atom is 0.323 e. The largest absolute Gasteiger partial charge is 0.368 e. The molecule has 2 N–H and O–H groups in total. The summed E-state index contributed by atoms with van der Waals surface area (Å²) in [7, 11) is 1.98. The smallest absolute Gasteiger partial charge is 0.323 e. The quantitative estimate of drug-likeness (QED) is 0.892. The Morgan fingerprint density at radius 3 is 2.57 bits per heavy atom. The number of likely N-dealkylation sites (N-methyl/N-ethyl adjacent to an activating group) is 1. The SMILES string of the molecule is CN1CCN(c2nnc(-c3nc(N)ncc3Cl)n2C(F)F)CC1. The van der Waals surface area contributed by atoms with Gasteiger partial charge in [-0.05, 0) is 7.05 Å². The molecule has 0 atom stereocenters. The van der Waals surface area contributed by atoms with E-state index in [0.29, 0.717) is 13.1 Å². The molecule has 3 heterocycles. The Morgan fingerprint density at radius 2 is 1.91 bits per heavy atom. The number of piperazine rings is 1. The minimum atomic E-state index is -2.83. The number of nitrogens with two attached hydrogens (primary N) is 1. The average molecular weight is 345 g/mol. The fraction of sp³-hybridized carbons (Fsp3) is 0.500. The molecule has 124 valence electrons. The Kier molecular flexibility index (Phi) is 4.26. The zero-order chi connectivity index (χ0) is 16.6. The number of nitrogen functional groups attached to an aromatic ring is 1. The summed E-state index contributed by atoms with van der Waals surface area (Å²) >= 11 is 5.99. The summed E-state index contributed by atoms with van der Waals surface area (Å²) in [5, 5.41) is 7.85. The molecule has 0 amide bonds. The van der Waals surface area contributed by atoms with Crippen LogP contribution < -0.4 is 10.6 Å². The van der Waals surface area contributed by atoms with Crippen LogP contribution in [0.25, 0.3) is 11.5 Å². The maximum absolute atomic E-state index is 13.6. The monoisotopic (exact) mass is 344 g/mol. The van der Waals surface area contributed by atoms with Crippen molar-refractivity contribution in [1.82, 2.24) is 29.6 Å². The number of rotatable bonds is 3. The fourth-order valence-electron chi connectivity index (χ4n) is 2.38. The van der Waals surface area contributed by atoms with E-state index < -0.39 is 6.55 Å². The van der Waals surface area contributed by atoms with Crippen molar-refractivity contribution in [2.45, 2.75) is 6.55 Å². The van der Waals surface area contributed by atoms with Crippen molar-refractivity contribution in [2.75, 3.05) is 43.9 Å². The van der Waals surface area contributed by atoms with Crippen LogP contribution in [0.2, 0.25) is 5.02 Å². The second kappa shape index (κ2) is 6.20. The van der Waals surface area contributed by atoms with Gasteiger partial charge in [-0.15, -0.1) is 10.2 Å². The van der Waals surface area contributed by atoms with Crippen molar-refractivity contribution in [2.24, 2.45) is 0 Å². The lowest BCUT2D eigenvalue weighted by Gasteiger charge is -2.32. The van der Waals surface area contributed by atoms with E-state index in [1.54, 1.807) is 4.90 Å². The normalized spacial score (nSPS) is 16.3. The van der Waals surface area contributed by atoms with Gasteiger partial charge in [0.25, 0.3) is 0 Å². The van der Waals surface area contributed by atoms with Crippen LogP contribution in [-0.2, 0) is 0 Å². The number of halogens is 3. The standard InChI is InChI=1S/C12H15ClF2N8/c1-21-2-4-22(5-3-21)12-20-19-9(23(12)10(14)15)8-7(13)6-17-11(16)18-8/h6,10H,2-5H2,1H3,(H2,16,17,18). The zero-order valence-electron chi connectivity index (χ0n) is 12.3. The number of hydrogen-bond donors (Lipinski definition) is 1. The molecule has 1 fully saturated rings. The van der Waals surface area contributed by atoms with Crippen LogP contribution in [0.1, 0.15) is 6.55 Å². The molecule has 0 aliphatic carbocycles. The summed E-state index contributed by atoms with van der Waals surface area (Å²) in [6.07, 6.45) is 1.25. The Balaban J connectivity index is 2.04. The van der Waals surface area contributed by atoms with Gasteiger partial charge < -0.3 is 15.5 Å². The first-order valence-corrected chi connectivity index (χ1v) is 7.30. The van der Waals surface area contributed by atoms with Crippen LogP contribution in [-0.4, -0.2) is 62.9 Å². The molecule has 1 saturated heterocycles. The predicted molar refractivity (Wildman–Crippen MR) is 81.4 cm³/mol. The molecule has 1 aliphatic rings. The minimum absolute atomic E-state index is 0.0346. The molecule has 0 bridgehead atoms. The van der Waals surface area contributed by atoms with E-state index in [2.05, 4.69) is 25.1 Å². The molecular formula is C12H15ClF2N8. The van der Waals surface area contributed by atoms with Gasteiger partial charge in [-0.25, -0.2) is 14.5 Å². The van der Waals surface area contributed by atoms with Gasteiger partial charge in [0.15, 0.2) is 5.82 Å². The van der Waals surface area contributed by atoms with Crippen LogP contribution >= 0.6 is 11.6 Å². The topological polar surface area (TPSA) is 89.0 Å². The first-order valence-electron chi connectivity index (χ1n) is 6.92. The summed E-state index contributed by atoms with van der Waals surface area (Å²) in [6, 6.07) is 0. The molecular weight excluding hydrogens is 330 g/mol. The Bertz CT molecular complexity index is 698. The molecule has 3 rings (SSSR count). The third kappa shape index (κ3) is 3.04. The Morgan fingerprint density at radius 1 is 1.22 bits per heavy atom. The van der Waals surface area contributed by atoms with Gasteiger partial charge in [0.1, 0.15) is 5.69 Å². The van der Waals surface area contributed by atoms with Crippen LogP contribution in [0.4, 0.5) is 20.7 Å². The molecule has 0 aromatic carbocycles. The van der Waals surface area contributed by atoms with Crippen LogP contribution in [0.3, 0.4) is 0 Å². The Hall–Kier alpha value is -2.07. The molecule has 11 heteroatoms. The van der Waals surface area contributed by atoms with Gasteiger partial charge in [-0.1, -0.05) is 11.6 Å². The van der Waals surface area contributed by atoms with E-state index in [0.717, 1.165) is 17.7 Å². The molecule has 23 heavy (non-hydrogen) atoms. The van der Waals surface area contributed by atoms with E-state index in [4.69, 9.17) is 17.3 Å². The van der Waals surface area contributed by atoms with Crippen molar-refractivity contribution in [3.8, 4) is 11.5 Å². The van der Waals surface area contributed by atoms with E-state index in [-0.39, 0.29) is 28.4 Å². The van der Waals surface area contributed by atoms with E-state index in [9.17, 15) is 8.78 Å². The van der Waals surface area contributed by atoms with Gasteiger partial charge >= 0.3 is 6.55 Å². The summed E-state index contributed by atoms with van der Waals surface area (Å²) in [5.41, 5.74) is 5.55. The molecule has 0 radical (unpaired) electrons.